The summed E-state index contributed by atoms with van der Waals surface area (Å²) in [4.78, 5) is 12.9. The first-order chi connectivity index (χ1) is 9.25. The number of hydrogen-bond donors (Lipinski definition) is 1. The number of carboxylic acid groups (broad SMARTS) is 1. The predicted molar refractivity (Wildman–Crippen MR) is 74.5 cm³/mol. The first-order valence-corrected chi connectivity index (χ1v) is 6.89. The van der Waals surface area contributed by atoms with E-state index in [4.69, 9.17) is 9.84 Å². The molecule has 1 atom stereocenters. The van der Waals surface area contributed by atoms with Crippen LogP contribution in [-0.4, -0.2) is 36.9 Å². The average molecular weight is 263 g/mol. The second kappa shape index (κ2) is 7.14. The average Bonchev–Trinajstić information content (AvgIpc) is 2.91. The topological polar surface area (TPSA) is 49.8 Å². The van der Waals surface area contributed by atoms with Crippen LogP contribution in [0.2, 0.25) is 0 Å². The third-order valence-electron chi connectivity index (χ3n) is 3.39. The molecule has 1 aromatic carbocycles. The summed E-state index contributed by atoms with van der Waals surface area (Å²) in [5.41, 5.74) is 1.14. The molecular formula is C15H21NO3. The summed E-state index contributed by atoms with van der Waals surface area (Å²) >= 11 is 0. The molecule has 1 aromatic rings. The smallest absolute Gasteiger partial charge is 0.303 e. The summed E-state index contributed by atoms with van der Waals surface area (Å²) in [6, 6.07) is 10.1. The van der Waals surface area contributed by atoms with E-state index in [9.17, 15) is 4.79 Å². The normalized spacial score (nSPS) is 18.4. The summed E-state index contributed by atoms with van der Waals surface area (Å²) in [7, 11) is 0. The number of benzene rings is 1. The van der Waals surface area contributed by atoms with Crippen molar-refractivity contribution in [2.75, 3.05) is 24.6 Å². The van der Waals surface area contributed by atoms with Gasteiger partial charge in [-0.3, -0.25) is 4.79 Å². The first-order valence-electron chi connectivity index (χ1n) is 6.89. The molecule has 0 bridgehead atoms. The maximum atomic E-state index is 10.6. The van der Waals surface area contributed by atoms with Crippen LogP contribution in [-0.2, 0) is 9.53 Å². The highest BCUT2D eigenvalue weighted by molar-refractivity contribution is 5.66. The molecule has 1 aliphatic heterocycles. The van der Waals surface area contributed by atoms with Crippen LogP contribution in [0.1, 0.15) is 25.7 Å². The van der Waals surface area contributed by atoms with E-state index in [1.54, 1.807) is 0 Å². The molecule has 0 spiro atoms. The SMILES string of the molecule is O=C(O)CCCN(CC1CCCO1)c1ccccc1. The van der Waals surface area contributed by atoms with E-state index >= 15 is 0 Å². The van der Waals surface area contributed by atoms with Gasteiger partial charge in [0.05, 0.1) is 6.10 Å². The minimum absolute atomic E-state index is 0.217. The molecule has 0 aliphatic carbocycles. The molecule has 0 radical (unpaired) electrons. The molecule has 1 fully saturated rings. The van der Waals surface area contributed by atoms with Gasteiger partial charge in [-0.15, -0.1) is 0 Å². The van der Waals surface area contributed by atoms with Gasteiger partial charge in [0.15, 0.2) is 0 Å². The Morgan fingerprint density at radius 1 is 1.37 bits per heavy atom. The van der Waals surface area contributed by atoms with Crippen molar-refractivity contribution in [3.8, 4) is 0 Å². The van der Waals surface area contributed by atoms with Crippen LogP contribution in [0.5, 0.6) is 0 Å². The number of carbonyl (C=O) groups is 1. The van der Waals surface area contributed by atoms with Gasteiger partial charge in [0, 0.05) is 31.8 Å². The van der Waals surface area contributed by atoms with Gasteiger partial charge in [-0.05, 0) is 31.4 Å². The Morgan fingerprint density at radius 3 is 2.79 bits per heavy atom. The number of anilines is 1. The maximum absolute atomic E-state index is 10.6. The van der Waals surface area contributed by atoms with E-state index in [0.717, 1.165) is 38.2 Å². The Morgan fingerprint density at radius 2 is 2.16 bits per heavy atom. The van der Waals surface area contributed by atoms with Gasteiger partial charge in [-0.2, -0.15) is 0 Å². The van der Waals surface area contributed by atoms with Crippen LogP contribution >= 0.6 is 0 Å². The molecule has 1 saturated heterocycles. The number of nitrogens with zero attached hydrogens (tertiary/aromatic N) is 1. The molecule has 1 heterocycles. The summed E-state index contributed by atoms with van der Waals surface area (Å²) in [5, 5.41) is 8.74. The third kappa shape index (κ3) is 4.56. The minimum atomic E-state index is -0.731. The van der Waals surface area contributed by atoms with E-state index in [1.807, 2.05) is 18.2 Å². The monoisotopic (exact) mass is 263 g/mol. The second-order valence-electron chi connectivity index (χ2n) is 4.91. The molecule has 1 aliphatic rings. The summed E-state index contributed by atoms with van der Waals surface area (Å²) in [6.45, 7) is 2.46. The second-order valence-corrected chi connectivity index (χ2v) is 4.91. The zero-order valence-corrected chi connectivity index (χ0v) is 11.1. The van der Waals surface area contributed by atoms with Crippen molar-refractivity contribution in [1.82, 2.24) is 0 Å². The molecule has 104 valence electrons. The van der Waals surface area contributed by atoms with Crippen LogP contribution in [0.15, 0.2) is 30.3 Å². The standard InChI is InChI=1S/C15H21NO3/c17-15(18)9-4-10-16(12-14-8-5-11-19-14)13-6-2-1-3-7-13/h1-3,6-7,14H,4-5,8-12H2,(H,17,18). The largest absolute Gasteiger partial charge is 0.481 e. The zero-order chi connectivity index (χ0) is 13.5. The number of hydrogen-bond acceptors (Lipinski definition) is 3. The fraction of sp³-hybridized carbons (Fsp3) is 0.533. The van der Waals surface area contributed by atoms with Gasteiger partial charge in [-0.1, -0.05) is 18.2 Å². The Balaban J connectivity index is 1.93. The van der Waals surface area contributed by atoms with Crippen molar-refractivity contribution < 1.29 is 14.6 Å². The van der Waals surface area contributed by atoms with Crippen LogP contribution in [0.25, 0.3) is 0 Å². The molecule has 1 N–H and O–H groups in total. The molecule has 1 unspecified atom stereocenters. The van der Waals surface area contributed by atoms with Gasteiger partial charge in [0.25, 0.3) is 0 Å². The molecule has 4 heteroatoms. The molecule has 4 nitrogen and oxygen atoms in total. The van der Waals surface area contributed by atoms with Crippen molar-refractivity contribution in [3.05, 3.63) is 30.3 Å². The summed E-state index contributed by atoms with van der Waals surface area (Å²) in [5.74, 6) is -0.731. The zero-order valence-electron chi connectivity index (χ0n) is 11.1. The van der Waals surface area contributed by atoms with E-state index in [1.165, 1.54) is 0 Å². The quantitative estimate of drug-likeness (QED) is 0.821. The maximum Gasteiger partial charge on any atom is 0.303 e. The van der Waals surface area contributed by atoms with Crippen molar-refractivity contribution in [2.45, 2.75) is 31.8 Å². The molecular weight excluding hydrogens is 242 g/mol. The van der Waals surface area contributed by atoms with Gasteiger partial charge >= 0.3 is 5.97 Å². The van der Waals surface area contributed by atoms with Crippen molar-refractivity contribution in [2.24, 2.45) is 0 Å². The summed E-state index contributed by atoms with van der Waals surface area (Å²) in [6.07, 6.45) is 3.39. The highest BCUT2D eigenvalue weighted by atomic mass is 16.5. The van der Waals surface area contributed by atoms with Gasteiger partial charge < -0.3 is 14.7 Å². The fourth-order valence-corrected chi connectivity index (χ4v) is 2.42. The van der Waals surface area contributed by atoms with Gasteiger partial charge in [0.1, 0.15) is 0 Å². The van der Waals surface area contributed by atoms with Crippen LogP contribution in [0.4, 0.5) is 5.69 Å². The Kier molecular flexibility index (Phi) is 5.21. The lowest BCUT2D eigenvalue weighted by Crippen LogP contribution is -2.33. The van der Waals surface area contributed by atoms with Crippen LogP contribution in [0, 0.1) is 0 Å². The summed E-state index contributed by atoms with van der Waals surface area (Å²) < 4.78 is 5.67. The van der Waals surface area contributed by atoms with E-state index in [-0.39, 0.29) is 12.5 Å². The highest BCUT2D eigenvalue weighted by Crippen LogP contribution is 2.19. The van der Waals surface area contributed by atoms with E-state index in [2.05, 4.69) is 17.0 Å². The lowest BCUT2D eigenvalue weighted by molar-refractivity contribution is -0.137. The number of para-hydroxylation sites is 1. The Bertz CT molecular complexity index is 388. The first kappa shape index (κ1) is 13.9. The molecule has 0 amide bonds. The lowest BCUT2D eigenvalue weighted by Gasteiger charge is -2.27. The molecule has 0 aromatic heterocycles. The van der Waals surface area contributed by atoms with Crippen molar-refractivity contribution >= 4 is 11.7 Å². The molecule has 2 rings (SSSR count). The lowest BCUT2D eigenvalue weighted by atomic mass is 10.2. The minimum Gasteiger partial charge on any atom is -0.481 e. The Hall–Kier alpha value is -1.55. The predicted octanol–water partition coefficient (Wildman–Crippen LogP) is 2.54. The van der Waals surface area contributed by atoms with Gasteiger partial charge in [-0.25, -0.2) is 0 Å². The van der Waals surface area contributed by atoms with E-state index in [0.29, 0.717) is 6.42 Å². The number of aliphatic carboxylic acids is 1. The van der Waals surface area contributed by atoms with Gasteiger partial charge in [0.2, 0.25) is 0 Å². The highest BCUT2D eigenvalue weighted by Gasteiger charge is 2.19. The Labute approximate surface area is 114 Å². The van der Waals surface area contributed by atoms with Crippen LogP contribution < -0.4 is 4.90 Å². The van der Waals surface area contributed by atoms with E-state index < -0.39 is 5.97 Å². The number of carboxylic acids is 1. The van der Waals surface area contributed by atoms with Crippen molar-refractivity contribution in [1.29, 1.82) is 0 Å². The third-order valence-corrected chi connectivity index (χ3v) is 3.39. The number of rotatable bonds is 7. The van der Waals surface area contributed by atoms with Crippen LogP contribution in [0.3, 0.4) is 0 Å². The van der Waals surface area contributed by atoms with Crippen molar-refractivity contribution in [3.63, 3.8) is 0 Å². The fourth-order valence-electron chi connectivity index (χ4n) is 2.42. The molecule has 0 saturated carbocycles. The number of ether oxygens (including phenoxy) is 1. The molecule has 19 heavy (non-hydrogen) atoms.